The highest BCUT2D eigenvalue weighted by atomic mass is 16.5. The van der Waals surface area contributed by atoms with Crippen LogP contribution in [0.3, 0.4) is 0 Å². The summed E-state index contributed by atoms with van der Waals surface area (Å²) in [6.07, 6.45) is 6.85. The fourth-order valence-corrected chi connectivity index (χ4v) is 3.29. The first-order valence-electron chi connectivity index (χ1n) is 6.25. The maximum Gasteiger partial charge on any atom is 0.348 e. The highest BCUT2D eigenvalue weighted by Crippen LogP contribution is 2.50. The Kier molecular flexibility index (Phi) is 2.07. The first-order chi connectivity index (χ1) is 7.61. The van der Waals surface area contributed by atoms with E-state index in [1.54, 1.807) is 0 Å². The van der Waals surface area contributed by atoms with Crippen molar-refractivity contribution in [2.45, 2.75) is 44.6 Å². The zero-order valence-electron chi connectivity index (χ0n) is 9.61. The average Bonchev–Trinajstić information content (AvgIpc) is 2.68. The first-order valence-corrected chi connectivity index (χ1v) is 6.25. The molecule has 3 unspecified atom stereocenters. The van der Waals surface area contributed by atoms with E-state index in [2.05, 4.69) is 13.0 Å². The summed E-state index contributed by atoms with van der Waals surface area (Å²) in [6, 6.07) is 0. The summed E-state index contributed by atoms with van der Waals surface area (Å²) in [5.74, 6) is 2.07. The molecule has 3 atom stereocenters. The lowest BCUT2D eigenvalue weighted by molar-refractivity contribution is -0.172. The molecule has 2 fully saturated rings. The minimum atomic E-state index is -0.875. The highest BCUT2D eigenvalue weighted by Gasteiger charge is 2.50. The van der Waals surface area contributed by atoms with Crippen LogP contribution in [-0.2, 0) is 9.53 Å². The van der Waals surface area contributed by atoms with Gasteiger partial charge in [0.2, 0.25) is 5.60 Å². The van der Waals surface area contributed by atoms with Crippen LogP contribution in [0.4, 0.5) is 0 Å². The number of ether oxygens (including phenoxy) is 1. The molecule has 0 aromatic rings. The number of hydrogen-bond acceptors (Lipinski definition) is 2. The molecule has 0 aliphatic heterocycles. The van der Waals surface area contributed by atoms with E-state index >= 15 is 0 Å². The van der Waals surface area contributed by atoms with Gasteiger partial charge in [0.15, 0.2) is 0 Å². The Morgan fingerprint density at radius 1 is 1.50 bits per heavy atom. The third-order valence-corrected chi connectivity index (χ3v) is 4.59. The Bertz CT molecular complexity index is 354. The lowest BCUT2D eigenvalue weighted by Gasteiger charge is -2.39. The van der Waals surface area contributed by atoms with Crippen LogP contribution in [-0.4, -0.2) is 16.7 Å². The van der Waals surface area contributed by atoms with E-state index in [9.17, 15) is 9.90 Å². The van der Waals surface area contributed by atoms with Gasteiger partial charge in [-0.25, -0.2) is 4.79 Å². The van der Waals surface area contributed by atoms with Crippen LogP contribution in [0, 0.1) is 17.8 Å². The van der Waals surface area contributed by atoms with E-state index in [-0.39, 0.29) is 0 Å². The molecule has 3 heteroatoms. The molecule has 0 heterocycles. The van der Waals surface area contributed by atoms with Gasteiger partial charge in [0.1, 0.15) is 0 Å². The average molecular weight is 222 g/mol. The molecular formula is C13H18O3. The van der Waals surface area contributed by atoms with Crippen LogP contribution in [0.25, 0.3) is 0 Å². The smallest absolute Gasteiger partial charge is 0.348 e. The second-order valence-corrected chi connectivity index (χ2v) is 5.63. The maximum absolute atomic E-state index is 11.2. The maximum atomic E-state index is 11.2. The lowest BCUT2D eigenvalue weighted by atomic mass is 9.79. The molecule has 0 spiro atoms. The molecule has 1 N–H and O–H groups in total. The molecule has 88 valence electrons. The fraction of sp³-hybridized carbons (Fsp3) is 0.769. The van der Waals surface area contributed by atoms with Gasteiger partial charge in [0.05, 0.1) is 5.76 Å². The summed E-state index contributed by atoms with van der Waals surface area (Å²) >= 11 is 0. The van der Waals surface area contributed by atoms with Crippen molar-refractivity contribution in [2.75, 3.05) is 0 Å². The van der Waals surface area contributed by atoms with Gasteiger partial charge >= 0.3 is 5.97 Å². The molecule has 0 aromatic carbocycles. The van der Waals surface area contributed by atoms with Crippen molar-refractivity contribution < 1.29 is 14.6 Å². The molecule has 3 aliphatic rings. The zero-order valence-corrected chi connectivity index (χ0v) is 9.61. The van der Waals surface area contributed by atoms with Crippen LogP contribution in [0.5, 0.6) is 0 Å². The molecule has 0 amide bonds. The van der Waals surface area contributed by atoms with Gasteiger partial charge in [-0.05, 0) is 50.0 Å². The van der Waals surface area contributed by atoms with E-state index < -0.39 is 11.6 Å². The van der Waals surface area contributed by atoms with Gasteiger partial charge in [-0.3, -0.25) is 0 Å². The minimum Gasteiger partial charge on any atom is -0.480 e. The third kappa shape index (κ3) is 1.30. The molecule has 3 aliphatic carbocycles. The molecule has 2 bridgehead atoms. The van der Waals surface area contributed by atoms with E-state index in [0.717, 1.165) is 18.1 Å². The van der Waals surface area contributed by atoms with Crippen molar-refractivity contribution in [1.29, 1.82) is 0 Å². The van der Waals surface area contributed by atoms with Crippen LogP contribution >= 0.6 is 0 Å². The minimum absolute atomic E-state index is 0.497. The normalized spacial score (nSPS) is 39.1. The van der Waals surface area contributed by atoms with E-state index in [1.165, 1.54) is 12.8 Å². The molecule has 16 heavy (non-hydrogen) atoms. The van der Waals surface area contributed by atoms with Crippen molar-refractivity contribution in [3.63, 3.8) is 0 Å². The number of aliphatic carboxylic acids is 1. The Morgan fingerprint density at radius 2 is 2.25 bits per heavy atom. The van der Waals surface area contributed by atoms with Crippen LogP contribution < -0.4 is 0 Å². The Balaban J connectivity index is 1.74. The van der Waals surface area contributed by atoms with Gasteiger partial charge < -0.3 is 9.84 Å². The van der Waals surface area contributed by atoms with Crippen LogP contribution in [0.2, 0.25) is 0 Å². The van der Waals surface area contributed by atoms with Crippen molar-refractivity contribution in [3.05, 3.63) is 11.8 Å². The molecule has 0 aromatic heterocycles. The summed E-state index contributed by atoms with van der Waals surface area (Å²) < 4.78 is 5.84. The highest BCUT2D eigenvalue weighted by molar-refractivity contribution is 5.78. The van der Waals surface area contributed by atoms with Crippen molar-refractivity contribution in [3.8, 4) is 0 Å². The number of carboxylic acids is 1. The molecule has 0 radical (unpaired) electrons. The number of fused-ring (bicyclic) bond motifs is 2. The van der Waals surface area contributed by atoms with Crippen LogP contribution in [0.15, 0.2) is 11.8 Å². The Hall–Kier alpha value is -0.990. The fourth-order valence-electron chi connectivity index (χ4n) is 3.29. The quantitative estimate of drug-likeness (QED) is 0.798. The standard InChI is InChI=1S/C13H18O3/c1-8-5-10-6-9(8)7-11(10)16-13(12(14)15)3-2-4-13/h7-10H,2-6H2,1H3,(H,14,15). The van der Waals surface area contributed by atoms with Crippen LogP contribution in [0.1, 0.15) is 39.0 Å². The monoisotopic (exact) mass is 222 g/mol. The molecule has 3 nitrogen and oxygen atoms in total. The molecule has 2 saturated carbocycles. The van der Waals surface area contributed by atoms with Gasteiger partial charge in [0, 0.05) is 5.92 Å². The zero-order chi connectivity index (χ0) is 11.3. The summed E-state index contributed by atoms with van der Waals surface area (Å²) in [5.41, 5.74) is -0.875. The van der Waals surface area contributed by atoms with E-state index in [4.69, 9.17) is 4.74 Å². The predicted molar refractivity (Wildman–Crippen MR) is 58.8 cm³/mol. The van der Waals surface area contributed by atoms with Crippen molar-refractivity contribution >= 4 is 5.97 Å². The van der Waals surface area contributed by atoms with E-state index in [0.29, 0.717) is 24.7 Å². The van der Waals surface area contributed by atoms with Gasteiger partial charge in [-0.2, -0.15) is 0 Å². The third-order valence-electron chi connectivity index (χ3n) is 4.59. The second kappa shape index (κ2) is 3.25. The number of carbonyl (C=O) groups is 1. The number of rotatable bonds is 3. The molecule has 0 saturated heterocycles. The van der Waals surface area contributed by atoms with Crippen molar-refractivity contribution in [1.82, 2.24) is 0 Å². The van der Waals surface area contributed by atoms with Gasteiger partial charge in [0.25, 0.3) is 0 Å². The second-order valence-electron chi connectivity index (χ2n) is 5.63. The van der Waals surface area contributed by atoms with Crippen molar-refractivity contribution in [2.24, 2.45) is 17.8 Å². The molecule has 3 rings (SSSR count). The summed E-state index contributed by atoms with van der Waals surface area (Å²) in [4.78, 5) is 11.2. The van der Waals surface area contributed by atoms with Gasteiger partial charge in [-0.15, -0.1) is 0 Å². The summed E-state index contributed by atoms with van der Waals surface area (Å²) in [7, 11) is 0. The first kappa shape index (κ1) is 10.2. The Labute approximate surface area is 95.5 Å². The van der Waals surface area contributed by atoms with E-state index in [1.807, 2.05) is 0 Å². The number of hydrogen-bond donors (Lipinski definition) is 1. The predicted octanol–water partition coefficient (Wildman–Crippen LogP) is 2.57. The topological polar surface area (TPSA) is 46.5 Å². The largest absolute Gasteiger partial charge is 0.480 e. The number of allylic oxidation sites excluding steroid dienone is 2. The lowest BCUT2D eigenvalue weighted by Crippen LogP contribution is -2.48. The molecular weight excluding hydrogens is 204 g/mol. The van der Waals surface area contributed by atoms with Gasteiger partial charge in [-0.1, -0.05) is 6.92 Å². The Morgan fingerprint density at radius 3 is 2.62 bits per heavy atom. The number of carboxylic acid groups (broad SMARTS) is 1. The summed E-state index contributed by atoms with van der Waals surface area (Å²) in [6.45, 7) is 2.27. The SMILES string of the molecule is CC1CC2CC1C=C2OC1(C(=O)O)CCC1. The summed E-state index contributed by atoms with van der Waals surface area (Å²) in [5, 5.41) is 9.21.